The number of carbonyl (C=O) groups is 1. The van der Waals surface area contributed by atoms with Gasteiger partial charge in [-0.1, -0.05) is 12.1 Å². The number of amides is 1. The van der Waals surface area contributed by atoms with Gasteiger partial charge in [-0.2, -0.15) is 5.10 Å². The smallest absolute Gasteiger partial charge is 0.253 e. The van der Waals surface area contributed by atoms with Gasteiger partial charge in [-0.25, -0.2) is 0 Å². The lowest BCUT2D eigenvalue weighted by Crippen LogP contribution is -2.51. The van der Waals surface area contributed by atoms with Crippen molar-refractivity contribution in [1.82, 2.24) is 20.0 Å². The highest BCUT2D eigenvalue weighted by Crippen LogP contribution is 2.20. The molecule has 1 aliphatic heterocycles. The van der Waals surface area contributed by atoms with Gasteiger partial charge in [0.05, 0.1) is 6.20 Å². The van der Waals surface area contributed by atoms with Crippen LogP contribution in [0.2, 0.25) is 0 Å². The molecule has 5 nitrogen and oxygen atoms in total. The molecule has 21 heavy (non-hydrogen) atoms. The molecule has 3 rings (SSSR count). The first-order valence-corrected chi connectivity index (χ1v) is 7.25. The van der Waals surface area contributed by atoms with E-state index in [-0.39, 0.29) is 5.91 Å². The number of carbonyl (C=O) groups excluding carboxylic acids is 1. The maximum atomic E-state index is 12.6. The van der Waals surface area contributed by atoms with Gasteiger partial charge >= 0.3 is 0 Å². The third-order valence-electron chi connectivity index (χ3n) is 3.80. The zero-order chi connectivity index (χ0) is 14.8. The number of piperazine rings is 1. The monoisotopic (exact) mass is 284 g/mol. The highest BCUT2D eigenvalue weighted by Gasteiger charge is 2.21. The van der Waals surface area contributed by atoms with E-state index >= 15 is 0 Å². The lowest BCUT2D eigenvalue weighted by atomic mass is 10.0. The first-order chi connectivity index (χ1) is 10.1. The molecular formula is C16H20N4O. The zero-order valence-corrected chi connectivity index (χ0v) is 12.4. The van der Waals surface area contributed by atoms with E-state index in [1.807, 2.05) is 48.6 Å². The van der Waals surface area contributed by atoms with Crippen molar-refractivity contribution < 1.29 is 4.79 Å². The Hall–Kier alpha value is -2.14. The Kier molecular flexibility index (Phi) is 3.75. The van der Waals surface area contributed by atoms with Crippen molar-refractivity contribution in [3.63, 3.8) is 0 Å². The molecule has 0 unspecified atom stereocenters. The van der Waals surface area contributed by atoms with E-state index in [1.165, 1.54) is 0 Å². The third-order valence-corrected chi connectivity index (χ3v) is 3.80. The number of hydrogen-bond acceptors (Lipinski definition) is 3. The molecular weight excluding hydrogens is 264 g/mol. The summed E-state index contributed by atoms with van der Waals surface area (Å²) >= 11 is 0. The molecule has 1 aromatic heterocycles. The lowest BCUT2D eigenvalue weighted by Gasteiger charge is -2.32. The van der Waals surface area contributed by atoms with Crippen molar-refractivity contribution in [2.24, 2.45) is 7.05 Å². The van der Waals surface area contributed by atoms with E-state index in [1.54, 1.807) is 4.68 Å². The second kappa shape index (κ2) is 5.69. The van der Waals surface area contributed by atoms with Crippen LogP contribution in [0.3, 0.4) is 0 Å². The molecule has 1 amide bonds. The third kappa shape index (κ3) is 2.97. The van der Waals surface area contributed by atoms with E-state index in [0.29, 0.717) is 6.04 Å². The van der Waals surface area contributed by atoms with Crippen LogP contribution in [0.25, 0.3) is 11.1 Å². The molecule has 1 N–H and O–H groups in total. The first kappa shape index (κ1) is 13.8. The summed E-state index contributed by atoms with van der Waals surface area (Å²) in [5.74, 6) is 0.106. The van der Waals surface area contributed by atoms with E-state index in [4.69, 9.17) is 0 Å². The minimum atomic E-state index is 0.106. The van der Waals surface area contributed by atoms with Gasteiger partial charge in [0.15, 0.2) is 0 Å². The highest BCUT2D eigenvalue weighted by atomic mass is 16.2. The molecule has 1 saturated heterocycles. The lowest BCUT2D eigenvalue weighted by molar-refractivity contribution is 0.0709. The normalized spacial score (nSPS) is 18.8. The van der Waals surface area contributed by atoms with Crippen LogP contribution in [0.4, 0.5) is 0 Å². The van der Waals surface area contributed by atoms with Crippen LogP contribution in [0.5, 0.6) is 0 Å². The second-order valence-corrected chi connectivity index (χ2v) is 5.59. The van der Waals surface area contributed by atoms with Crippen molar-refractivity contribution >= 4 is 5.91 Å². The van der Waals surface area contributed by atoms with Crippen LogP contribution < -0.4 is 5.32 Å². The minimum absolute atomic E-state index is 0.106. The van der Waals surface area contributed by atoms with Crippen LogP contribution in [0.15, 0.2) is 36.7 Å². The van der Waals surface area contributed by atoms with Crippen LogP contribution >= 0.6 is 0 Å². The summed E-state index contributed by atoms with van der Waals surface area (Å²) in [6.45, 7) is 4.48. The Morgan fingerprint density at radius 1 is 1.38 bits per heavy atom. The molecule has 1 aliphatic rings. The summed E-state index contributed by atoms with van der Waals surface area (Å²) in [5.41, 5.74) is 2.79. The van der Waals surface area contributed by atoms with E-state index in [9.17, 15) is 4.79 Å². The SMILES string of the molecule is C[C@@H]1CN(C(=O)c2cccc(-c3cnn(C)c3)c2)CCN1. The summed E-state index contributed by atoms with van der Waals surface area (Å²) in [5, 5.41) is 7.53. The van der Waals surface area contributed by atoms with Gasteiger partial charge in [0.25, 0.3) is 5.91 Å². The maximum absolute atomic E-state index is 12.6. The van der Waals surface area contributed by atoms with E-state index < -0.39 is 0 Å². The molecule has 2 aromatic rings. The number of benzene rings is 1. The van der Waals surface area contributed by atoms with Crippen molar-refractivity contribution in [2.75, 3.05) is 19.6 Å². The number of aromatic nitrogens is 2. The summed E-state index contributed by atoms with van der Waals surface area (Å²) in [4.78, 5) is 14.5. The summed E-state index contributed by atoms with van der Waals surface area (Å²) in [7, 11) is 1.89. The van der Waals surface area contributed by atoms with E-state index in [0.717, 1.165) is 36.3 Å². The Bertz CT molecular complexity index is 649. The van der Waals surface area contributed by atoms with Gasteiger partial charge in [-0.3, -0.25) is 9.48 Å². The Morgan fingerprint density at radius 2 is 2.24 bits per heavy atom. The average molecular weight is 284 g/mol. The molecule has 0 saturated carbocycles. The quantitative estimate of drug-likeness (QED) is 0.909. The predicted molar refractivity (Wildman–Crippen MR) is 82.0 cm³/mol. The van der Waals surface area contributed by atoms with E-state index in [2.05, 4.69) is 17.3 Å². The largest absolute Gasteiger partial charge is 0.336 e. The fourth-order valence-electron chi connectivity index (χ4n) is 2.70. The summed E-state index contributed by atoms with van der Waals surface area (Å²) in [6.07, 6.45) is 3.77. The highest BCUT2D eigenvalue weighted by molar-refractivity contribution is 5.95. The minimum Gasteiger partial charge on any atom is -0.336 e. The van der Waals surface area contributed by atoms with Crippen LogP contribution in [-0.4, -0.2) is 46.3 Å². The van der Waals surface area contributed by atoms with Crippen LogP contribution in [-0.2, 0) is 7.05 Å². The van der Waals surface area contributed by atoms with Crippen molar-refractivity contribution in [3.05, 3.63) is 42.2 Å². The Morgan fingerprint density at radius 3 is 2.95 bits per heavy atom. The number of nitrogens with one attached hydrogen (secondary N) is 1. The standard InChI is InChI=1S/C16H20N4O/c1-12-10-20(7-6-17-12)16(21)14-5-3-4-13(8-14)15-9-18-19(2)11-15/h3-5,8-9,11-12,17H,6-7,10H2,1-2H3/t12-/m1/s1. The van der Waals surface area contributed by atoms with Crippen LogP contribution in [0.1, 0.15) is 17.3 Å². The molecule has 1 fully saturated rings. The molecule has 1 atom stereocenters. The molecule has 0 aliphatic carbocycles. The number of rotatable bonds is 2. The van der Waals surface area contributed by atoms with Crippen molar-refractivity contribution in [3.8, 4) is 11.1 Å². The molecule has 5 heteroatoms. The Labute approximate surface area is 124 Å². The van der Waals surface area contributed by atoms with Gasteiger partial charge in [0.2, 0.25) is 0 Å². The molecule has 110 valence electrons. The van der Waals surface area contributed by atoms with Crippen molar-refractivity contribution in [1.29, 1.82) is 0 Å². The maximum Gasteiger partial charge on any atom is 0.253 e. The van der Waals surface area contributed by atoms with Gasteiger partial charge in [-0.15, -0.1) is 0 Å². The summed E-state index contributed by atoms with van der Waals surface area (Å²) in [6, 6.07) is 8.13. The van der Waals surface area contributed by atoms with Gasteiger partial charge in [0.1, 0.15) is 0 Å². The zero-order valence-electron chi connectivity index (χ0n) is 12.4. The predicted octanol–water partition coefficient (Wildman–Crippen LogP) is 1.52. The summed E-state index contributed by atoms with van der Waals surface area (Å²) < 4.78 is 1.77. The topological polar surface area (TPSA) is 50.2 Å². The van der Waals surface area contributed by atoms with Crippen molar-refractivity contribution in [2.45, 2.75) is 13.0 Å². The fourth-order valence-corrected chi connectivity index (χ4v) is 2.70. The molecule has 0 spiro atoms. The molecule has 0 bridgehead atoms. The number of nitrogens with zero attached hydrogens (tertiary/aromatic N) is 3. The first-order valence-electron chi connectivity index (χ1n) is 7.25. The molecule has 1 aromatic carbocycles. The fraction of sp³-hybridized carbons (Fsp3) is 0.375. The Balaban J connectivity index is 1.84. The number of aryl methyl sites for hydroxylation is 1. The second-order valence-electron chi connectivity index (χ2n) is 5.59. The van der Waals surface area contributed by atoms with Gasteiger partial charge < -0.3 is 10.2 Å². The van der Waals surface area contributed by atoms with Crippen LogP contribution in [0, 0.1) is 0 Å². The number of hydrogen-bond donors (Lipinski definition) is 1. The average Bonchev–Trinajstić information content (AvgIpc) is 2.93. The van der Waals surface area contributed by atoms with Gasteiger partial charge in [-0.05, 0) is 24.6 Å². The van der Waals surface area contributed by atoms with Gasteiger partial charge in [0, 0.05) is 50.0 Å². The molecule has 2 heterocycles. The molecule has 0 radical (unpaired) electrons.